The van der Waals surface area contributed by atoms with Crippen molar-refractivity contribution in [2.75, 3.05) is 18.5 Å². The molecule has 142 valence electrons. The maximum atomic E-state index is 12.1. The van der Waals surface area contributed by atoms with Crippen molar-refractivity contribution in [3.8, 4) is 5.75 Å². The summed E-state index contributed by atoms with van der Waals surface area (Å²) in [6.45, 7) is 1.36. The summed E-state index contributed by atoms with van der Waals surface area (Å²) in [5.41, 5.74) is 0.819. The van der Waals surface area contributed by atoms with Crippen molar-refractivity contribution < 1.29 is 24.2 Å². The number of rotatable bonds is 7. The number of carboxylic acid groups (broad SMARTS) is 1. The van der Waals surface area contributed by atoms with Crippen molar-refractivity contribution in [1.29, 1.82) is 0 Å². The SMILES string of the molecule is O=C(Nc1ccc(Br)c(OC[C@H]2CCN2)c1C(=O)O)OCc1ccccc1. The Labute approximate surface area is 164 Å². The number of carbonyl (C=O) groups is 2. The van der Waals surface area contributed by atoms with Gasteiger partial charge in [-0.15, -0.1) is 0 Å². The van der Waals surface area contributed by atoms with E-state index in [1.165, 1.54) is 6.07 Å². The van der Waals surface area contributed by atoms with Gasteiger partial charge in [0.25, 0.3) is 0 Å². The average Bonchev–Trinajstić information content (AvgIpc) is 2.61. The highest BCUT2D eigenvalue weighted by molar-refractivity contribution is 9.10. The topological polar surface area (TPSA) is 96.9 Å². The zero-order valence-electron chi connectivity index (χ0n) is 14.4. The lowest BCUT2D eigenvalue weighted by Gasteiger charge is -2.28. The van der Waals surface area contributed by atoms with Crippen LogP contribution >= 0.6 is 15.9 Å². The van der Waals surface area contributed by atoms with Crippen LogP contribution in [0.3, 0.4) is 0 Å². The minimum atomic E-state index is -1.20. The fourth-order valence-electron chi connectivity index (χ4n) is 2.56. The molecule has 1 atom stereocenters. The third-order valence-electron chi connectivity index (χ3n) is 4.13. The Balaban J connectivity index is 1.71. The molecule has 0 saturated carbocycles. The lowest BCUT2D eigenvalue weighted by atomic mass is 10.1. The zero-order valence-corrected chi connectivity index (χ0v) is 16.0. The van der Waals surface area contributed by atoms with Gasteiger partial charge in [0, 0.05) is 6.04 Å². The Morgan fingerprint density at radius 2 is 1.96 bits per heavy atom. The first-order valence-corrected chi connectivity index (χ1v) is 9.23. The smallest absolute Gasteiger partial charge is 0.411 e. The molecule has 0 unspecified atom stereocenters. The Bertz CT molecular complexity index is 824. The fourth-order valence-corrected chi connectivity index (χ4v) is 3.00. The molecule has 1 aliphatic heterocycles. The molecule has 3 rings (SSSR count). The highest BCUT2D eigenvalue weighted by Crippen LogP contribution is 2.35. The predicted molar refractivity (Wildman–Crippen MR) is 103 cm³/mol. The maximum Gasteiger partial charge on any atom is 0.411 e. The van der Waals surface area contributed by atoms with Crippen molar-refractivity contribution in [2.24, 2.45) is 0 Å². The van der Waals surface area contributed by atoms with Crippen molar-refractivity contribution in [1.82, 2.24) is 5.32 Å². The summed E-state index contributed by atoms with van der Waals surface area (Å²) >= 11 is 3.31. The summed E-state index contributed by atoms with van der Waals surface area (Å²) in [5.74, 6) is -1.02. The lowest BCUT2D eigenvalue weighted by molar-refractivity contribution is 0.0692. The molecule has 1 fully saturated rings. The normalized spacial score (nSPS) is 15.5. The van der Waals surface area contributed by atoms with Gasteiger partial charge in [-0.25, -0.2) is 9.59 Å². The van der Waals surface area contributed by atoms with Crippen LogP contribution in [0, 0.1) is 0 Å². The summed E-state index contributed by atoms with van der Waals surface area (Å²) in [6, 6.07) is 12.5. The zero-order chi connectivity index (χ0) is 19.2. The molecule has 7 nitrogen and oxygen atoms in total. The predicted octanol–water partition coefficient (Wildman–Crippen LogP) is 3.64. The first-order chi connectivity index (χ1) is 13.0. The molecule has 1 heterocycles. The van der Waals surface area contributed by atoms with Crippen LogP contribution in [-0.2, 0) is 11.3 Å². The standard InChI is InChI=1S/C19H19BrN2O5/c20-14-6-7-15(22-19(25)27-10-12-4-2-1-3-5-12)16(18(23)24)17(14)26-11-13-8-9-21-13/h1-7,13,21H,8-11H2,(H,22,25)(H,23,24)/t13-/m1/s1. The largest absolute Gasteiger partial charge is 0.490 e. The first kappa shape index (κ1) is 19.2. The number of carbonyl (C=O) groups excluding carboxylic acids is 1. The lowest BCUT2D eigenvalue weighted by Crippen LogP contribution is -2.46. The molecule has 2 aromatic rings. The van der Waals surface area contributed by atoms with Crippen LogP contribution in [0.4, 0.5) is 10.5 Å². The number of halogens is 1. The third kappa shape index (κ3) is 4.99. The Morgan fingerprint density at radius 1 is 1.22 bits per heavy atom. The van der Waals surface area contributed by atoms with Crippen LogP contribution in [0.25, 0.3) is 0 Å². The minimum Gasteiger partial charge on any atom is -0.490 e. The number of amides is 1. The molecular formula is C19H19BrN2O5. The molecule has 0 aromatic heterocycles. The first-order valence-electron chi connectivity index (χ1n) is 8.44. The van der Waals surface area contributed by atoms with Crippen molar-refractivity contribution in [3.63, 3.8) is 0 Å². The molecule has 0 bridgehead atoms. The van der Waals surface area contributed by atoms with Crippen LogP contribution in [-0.4, -0.2) is 36.4 Å². The van der Waals surface area contributed by atoms with Gasteiger partial charge >= 0.3 is 12.1 Å². The minimum absolute atomic E-state index is 0.0856. The van der Waals surface area contributed by atoms with Gasteiger partial charge in [0.2, 0.25) is 0 Å². The Morgan fingerprint density at radius 3 is 2.59 bits per heavy atom. The van der Waals surface area contributed by atoms with Gasteiger partial charge < -0.3 is 19.9 Å². The van der Waals surface area contributed by atoms with E-state index >= 15 is 0 Å². The van der Waals surface area contributed by atoms with Gasteiger partial charge in [0.1, 0.15) is 24.5 Å². The highest BCUT2D eigenvalue weighted by atomic mass is 79.9. The van der Waals surface area contributed by atoms with E-state index in [9.17, 15) is 14.7 Å². The number of nitrogens with one attached hydrogen (secondary N) is 2. The Hall–Kier alpha value is -2.58. The molecule has 1 saturated heterocycles. The molecular weight excluding hydrogens is 416 g/mol. The van der Waals surface area contributed by atoms with E-state index in [4.69, 9.17) is 9.47 Å². The number of hydrogen-bond acceptors (Lipinski definition) is 5. The summed E-state index contributed by atoms with van der Waals surface area (Å²) < 4.78 is 11.4. The third-order valence-corrected chi connectivity index (χ3v) is 4.75. The van der Waals surface area contributed by atoms with E-state index in [1.807, 2.05) is 30.3 Å². The molecule has 0 aliphatic carbocycles. The summed E-state index contributed by atoms with van der Waals surface area (Å²) in [4.78, 5) is 23.9. The van der Waals surface area contributed by atoms with Gasteiger partial charge in [0.15, 0.2) is 0 Å². The van der Waals surface area contributed by atoms with E-state index in [-0.39, 0.29) is 29.6 Å². The van der Waals surface area contributed by atoms with Crippen molar-refractivity contribution in [2.45, 2.75) is 19.1 Å². The van der Waals surface area contributed by atoms with Gasteiger partial charge in [-0.1, -0.05) is 30.3 Å². The van der Waals surface area contributed by atoms with Crippen LogP contribution in [0.1, 0.15) is 22.3 Å². The van der Waals surface area contributed by atoms with E-state index in [1.54, 1.807) is 6.07 Å². The van der Waals surface area contributed by atoms with E-state index < -0.39 is 12.1 Å². The maximum absolute atomic E-state index is 12.1. The Kier molecular flexibility index (Phi) is 6.31. The molecule has 1 aliphatic rings. The molecule has 1 amide bonds. The summed E-state index contributed by atoms with van der Waals surface area (Å²) in [6.07, 6.45) is 0.235. The molecule has 0 spiro atoms. The van der Waals surface area contributed by atoms with Crippen LogP contribution in [0.2, 0.25) is 0 Å². The fraction of sp³-hybridized carbons (Fsp3) is 0.263. The van der Waals surface area contributed by atoms with E-state index in [0.29, 0.717) is 11.1 Å². The number of hydrogen-bond donors (Lipinski definition) is 3. The van der Waals surface area contributed by atoms with Gasteiger partial charge in [-0.05, 0) is 46.6 Å². The van der Waals surface area contributed by atoms with Gasteiger partial charge in [-0.2, -0.15) is 0 Å². The second kappa shape index (κ2) is 8.88. The molecule has 2 aromatic carbocycles. The number of carboxylic acids is 1. The second-order valence-electron chi connectivity index (χ2n) is 6.04. The number of anilines is 1. The van der Waals surface area contributed by atoms with Crippen molar-refractivity contribution >= 4 is 33.7 Å². The van der Waals surface area contributed by atoms with Crippen LogP contribution in [0.5, 0.6) is 5.75 Å². The van der Waals surface area contributed by atoms with E-state index in [0.717, 1.165) is 18.5 Å². The van der Waals surface area contributed by atoms with Crippen LogP contribution < -0.4 is 15.4 Å². The molecule has 3 N–H and O–H groups in total. The molecule has 27 heavy (non-hydrogen) atoms. The number of benzene rings is 2. The average molecular weight is 435 g/mol. The highest BCUT2D eigenvalue weighted by Gasteiger charge is 2.24. The van der Waals surface area contributed by atoms with Gasteiger partial charge in [-0.3, -0.25) is 5.32 Å². The molecule has 8 heteroatoms. The number of ether oxygens (including phenoxy) is 2. The second-order valence-corrected chi connectivity index (χ2v) is 6.90. The van der Waals surface area contributed by atoms with Crippen LogP contribution in [0.15, 0.2) is 46.9 Å². The van der Waals surface area contributed by atoms with Crippen molar-refractivity contribution in [3.05, 3.63) is 58.1 Å². The van der Waals surface area contributed by atoms with Gasteiger partial charge in [0.05, 0.1) is 10.2 Å². The van der Waals surface area contributed by atoms with E-state index in [2.05, 4.69) is 26.6 Å². The molecule has 0 radical (unpaired) electrons. The summed E-state index contributed by atoms with van der Waals surface area (Å²) in [5, 5.41) is 15.3. The number of aromatic carboxylic acids is 1. The summed E-state index contributed by atoms with van der Waals surface area (Å²) in [7, 11) is 0. The monoisotopic (exact) mass is 434 g/mol. The quantitative estimate of drug-likeness (QED) is 0.615.